The van der Waals surface area contributed by atoms with E-state index in [1.807, 2.05) is 18.2 Å². The van der Waals surface area contributed by atoms with Crippen LogP contribution in [0.5, 0.6) is 5.75 Å². The van der Waals surface area contributed by atoms with E-state index in [9.17, 15) is 22.0 Å². The molecule has 0 aliphatic rings. The van der Waals surface area contributed by atoms with E-state index in [0.29, 0.717) is 10.9 Å². The number of hydrogen-bond acceptors (Lipinski definition) is 1. The van der Waals surface area contributed by atoms with Gasteiger partial charge in [0.05, 0.1) is 0 Å². The molecule has 0 aliphatic carbocycles. The fourth-order valence-electron chi connectivity index (χ4n) is 4.98. The van der Waals surface area contributed by atoms with Gasteiger partial charge in [0.2, 0.25) is 0 Å². The van der Waals surface area contributed by atoms with Gasteiger partial charge in [-0.1, -0.05) is 80.8 Å². The first kappa shape index (κ1) is 30.5. The highest BCUT2D eigenvalue weighted by atomic mass is 19.4. The van der Waals surface area contributed by atoms with Crippen LogP contribution >= 0.6 is 0 Å². The Balaban J connectivity index is 1.35. The van der Waals surface area contributed by atoms with Crippen molar-refractivity contribution in [1.82, 2.24) is 0 Å². The van der Waals surface area contributed by atoms with Gasteiger partial charge in [0.25, 0.3) is 0 Å². The Morgan fingerprint density at radius 2 is 1.22 bits per heavy atom. The normalized spacial score (nSPS) is 11.8. The van der Waals surface area contributed by atoms with Gasteiger partial charge in [-0.25, -0.2) is 13.2 Å². The SMILES string of the molecule is CCCCCCc1ccc(CCc2ccc3c(F)c(CCc4cc(F)c(OCC(F)(F)F)c(F)c4)ccc3c2)cc1. The number of unbranched alkanes of at least 4 members (excludes halogenated alkanes) is 3. The van der Waals surface area contributed by atoms with Gasteiger partial charge >= 0.3 is 6.18 Å². The Kier molecular flexibility index (Phi) is 10.4. The fourth-order valence-corrected chi connectivity index (χ4v) is 4.98. The molecular weight excluding hydrogens is 538 g/mol. The molecule has 4 aromatic carbocycles. The van der Waals surface area contributed by atoms with E-state index in [1.54, 1.807) is 12.1 Å². The first-order valence-corrected chi connectivity index (χ1v) is 14.1. The van der Waals surface area contributed by atoms with Crippen molar-refractivity contribution in [3.63, 3.8) is 0 Å². The summed E-state index contributed by atoms with van der Waals surface area (Å²) in [6.45, 7) is 0.418. The molecule has 218 valence electrons. The highest BCUT2D eigenvalue weighted by Gasteiger charge is 2.30. The van der Waals surface area contributed by atoms with E-state index < -0.39 is 36.0 Å². The van der Waals surface area contributed by atoms with E-state index in [0.717, 1.165) is 42.3 Å². The van der Waals surface area contributed by atoms with Crippen LogP contribution in [0.25, 0.3) is 10.8 Å². The minimum Gasteiger partial charge on any atom is -0.478 e. The first-order chi connectivity index (χ1) is 19.6. The lowest BCUT2D eigenvalue weighted by atomic mass is 9.97. The lowest BCUT2D eigenvalue weighted by molar-refractivity contribution is -0.154. The monoisotopic (exact) mass is 572 g/mol. The van der Waals surface area contributed by atoms with E-state index in [-0.39, 0.29) is 18.4 Å². The van der Waals surface area contributed by atoms with E-state index >= 15 is 4.39 Å². The molecule has 0 unspecified atom stereocenters. The molecule has 0 saturated carbocycles. The molecule has 1 nitrogen and oxygen atoms in total. The summed E-state index contributed by atoms with van der Waals surface area (Å²) in [5, 5.41) is 1.24. The second kappa shape index (κ2) is 13.9. The van der Waals surface area contributed by atoms with Gasteiger partial charge in [0, 0.05) is 5.39 Å². The van der Waals surface area contributed by atoms with Crippen LogP contribution in [0.2, 0.25) is 0 Å². The third-order valence-corrected chi connectivity index (χ3v) is 7.26. The molecule has 0 heterocycles. The molecule has 0 spiro atoms. The zero-order valence-corrected chi connectivity index (χ0v) is 23.1. The number of hydrogen-bond donors (Lipinski definition) is 0. The number of rotatable bonds is 13. The predicted molar refractivity (Wildman–Crippen MR) is 151 cm³/mol. The summed E-state index contributed by atoms with van der Waals surface area (Å²) in [7, 11) is 0. The van der Waals surface area contributed by atoms with Gasteiger partial charge in [0.15, 0.2) is 24.0 Å². The van der Waals surface area contributed by atoms with Crippen molar-refractivity contribution in [3.05, 3.63) is 112 Å². The number of alkyl halides is 3. The molecule has 4 aromatic rings. The number of halogens is 6. The molecule has 0 amide bonds. The zero-order chi connectivity index (χ0) is 29.4. The second-order valence-electron chi connectivity index (χ2n) is 10.5. The molecule has 0 atom stereocenters. The van der Waals surface area contributed by atoms with Gasteiger partial charge in [-0.05, 0) is 83.9 Å². The maximum absolute atomic E-state index is 15.3. The summed E-state index contributed by atoms with van der Waals surface area (Å²) < 4.78 is 84.9. The first-order valence-electron chi connectivity index (χ1n) is 14.1. The van der Waals surface area contributed by atoms with Crippen LogP contribution < -0.4 is 4.74 Å². The summed E-state index contributed by atoms with van der Waals surface area (Å²) in [4.78, 5) is 0. The van der Waals surface area contributed by atoms with Crippen LogP contribution in [-0.2, 0) is 32.1 Å². The van der Waals surface area contributed by atoms with Crippen LogP contribution in [0, 0.1) is 17.5 Å². The summed E-state index contributed by atoms with van der Waals surface area (Å²) in [5.41, 5.74) is 4.31. The largest absolute Gasteiger partial charge is 0.478 e. The third-order valence-electron chi connectivity index (χ3n) is 7.26. The van der Waals surface area contributed by atoms with Crippen LogP contribution in [0.15, 0.2) is 66.7 Å². The minimum atomic E-state index is -4.72. The molecule has 41 heavy (non-hydrogen) atoms. The van der Waals surface area contributed by atoms with E-state index in [2.05, 4.69) is 35.9 Å². The number of fused-ring (bicyclic) bond motifs is 1. The third kappa shape index (κ3) is 8.75. The molecule has 0 aromatic heterocycles. The molecule has 4 rings (SSSR count). The lowest BCUT2D eigenvalue weighted by Crippen LogP contribution is -2.20. The number of aryl methyl sites for hydroxylation is 5. The summed E-state index contributed by atoms with van der Waals surface area (Å²) >= 11 is 0. The highest BCUT2D eigenvalue weighted by molar-refractivity contribution is 5.84. The molecule has 0 aliphatic heterocycles. The van der Waals surface area contributed by atoms with Gasteiger partial charge < -0.3 is 4.74 Å². The van der Waals surface area contributed by atoms with Gasteiger partial charge in [0.1, 0.15) is 5.82 Å². The average molecular weight is 573 g/mol. The summed E-state index contributed by atoms with van der Waals surface area (Å²) in [5.74, 6) is -3.92. The van der Waals surface area contributed by atoms with Crippen molar-refractivity contribution in [2.75, 3.05) is 6.61 Å². The standard InChI is InChI=1S/C34H34F6O/c1-2-3-4-5-6-23-7-9-24(10-8-23)11-12-25-14-18-29-28(19-25)17-16-27(32(29)37)15-13-26-20-30(35)33(31(36)21-26)41-22-34(38,39)40/h7-10,14,16-21H,2-6,11-13,15,22H2,1H3. The van der Waals surface area contributed by atoms with Crippen LogP contribution in [0.4, 0.5) is 26.3 Å². The van der Waals surface area contributed by atoms with Crippen LogP contribution in [0.3, 0.4) is 0 Å². The molecule has 0 radical (unpaired) electrons. The Bertz CT molecular complexity index is 1420. The number of ether oxygens (including phenoxy) is 1. The Morgan fingerprint density at radius 3 is 1.88 bits per heavy atom. The van der Waals surface area contributed by atoms with Crippen molar-refractivity contribution < 1.29 is 31.1 Å². The van der Waals surface area contributed by atoms with Gasteiger partial charge in [-0.2, -0.15) is 13.2 Å². The van der Waals surface area contributed by atoms with E-state index in [1.165, 1.54) is 36.8 Å². The lowest BCUT2D eigenvalue weighted by Gasteiger charge is -2.12. The van der Waals surface area contributed by atoms with Crippen molar-refractivity contribution in [2.24, 2.45) is 0 Å². The van der Waals surface area contributed by atoms with Gasteiger partial charge in [-0.3, -0.25) is 0 Å². The predicted octanol–water partition coefficient (Wildman–Crippen LogP) is 9.89. The maximum Gasteiger partial charge on any atom is 0.422 e. The van der Waals surface area contributed by atoms with Crippen LogP contribution in [-0.4, -0.2) is 12.8 Å². The van der Waals surface area contributed by atoms with Crippen molar-refractivity contribution in [1.29, 1.82) is 0 Å². The molecule has 0 bridgehead atoms. The highest BCUT2D eigenvalue weighted by Crippen LogP contribution is 2.28. The molecular formula is C34H34F6O. The summed E-state index contributed by atoms with van der Waals surface area (Å²) in [6.07, 6.45) is 3.37. The smallest absolute Gasteiger partial charge is 0.422 e. The zero-order valence-electron chi connectivity index (χ0n) is 23.1. The Hall–Kier alpha value is -3.48. The fraction of sp³-hybridized carbons (Fsp3) is 0.353. The quantitative estimate of drug-likeness (QED) is 0.114. The Morgan fingerprint density at radius 1 is 0.610 bits per heavy atom. The minimum absolute atomic E-state index is 0.103. The Labute approximate surface area is 237 Å². The van der Waals surface area contributed by atoms with E-state index in [4.69, 9.17) is 0 Å². The van der Waals surface area contributed by atoms with Crippen molar-refractivity contribution in [2.45, 2.75) is 70.9 Å². The molecule has 0 saturated heterocycles. The van der Waals surface area contributed by atoms with Gasteiger partial charge in [-0.15, -0.1) is 0 Å². The van der Waals surface area contributed by atoms with Crippen LogP contribution in [0.1, 0.15) is 60.4 Å². The molecule has 0 fully saturated rings. The summed E-state index contributed by atoms with van der Waals surface area (Å²) in [6, 6.07) is 19.8. The molecule has 7 heteroatoms. The number of benzene rings is 4. The second-order valence-corrected chi connectivity index (χ2v) is 10.5. The van der Waals surface area contributed by atoms with Crippen molar-refractivity contribution >= 4 is 10.8 Å². The maximum atomic E-state index is 15.3. The van der Waals surface area contributed by atoms with Crippen molar-refractivity contribution in [3.8, 4) is 5.75 Å². The average Bonchev–Trinajstić information content (AvgIpc) is 2.93. The topological polar surface area (TPSA) is 9.23 Å². The molecule has 0 N–H and O–H groups in total.